The van der Waals surface area contributed by atoms with E-state index in [9.17, 15) is 24.5 Å². The smallest absolute Gasteiger partial charge is 0.366 e. The molecular formula is C17H14N4O6. The maximum absolute atomic E-state index is 12.3. The Morgan fingerprint density at radius 2 is 2.11 bits per heavy atom. The van der Waals surface area contributed by atoms with Gasteiger partial charge in [0.05, 0.1) is 0 Å². The van der Waals surface area contributed by atoms with Gasteiger partial charge in [0.2, 0.25) is 5.91 Å². The number of anilines is 2. The van der Waals surface area contributed by atoms with Crippen molar-refractivity contribution < 1.29 is 24.0 Å². The molecule has 2 heterocycles. The number of ketones is 1. The fraction of sp³-hybridized carbons (Fsp3) is 0.176. The van der Waals surface area contributed by atoms with Gasteiger partial charge in [0, 0.05) is 17.3 Å². The van der Waals surface area contributed by atoms with Gasteiger partial charge in [-0.2, -0.15) is 0 Å². The maximum atomic E-state index is 12.3. The molecule has 0 saturated heterocycles. The van der Waals surface area contributed by atoms with Crippen LogP contribution in [0.5, 0.6) is 5.75 Å². The Morgan fingerprint density at radius 3 is 2.81 bits per heavy atom. The van der Waals surface area contributed by atoms with E-state index in [1.807, 2.05) is 0 Å². The lowest BCUT2D eigenvalue weighted by Crippen LogP contribution is -2.44. The van der Waals surface area contributed by atoms with Crippen molar-refractivity contribution in [2.75, 3.05) is 23.4 Å². The zero-order chi connectivity index (χ0) is 19.6. The summed E-state index contributed by atoms with van der Waals surface area (Å²) in [6.07, 6.45) is 0. The number of hydrogen-bond acceptors (Lipinski definition) is 7. The summed E-state index contributed by atoms with van der Waals surface area (Å²) in [6, 6.07) is 8.82. The number of rotatable bonds is 5. The van der Waals surface area contributed by atoms with Crippen molar-refractivity contribution >= 4 is 34.9 Å². The molecule has 0 aliphatic carbocycles. The van der Waals surface area contributed by atoms with Crippen molar-refractivity contribution in [1.29, 1.82) is 0 Å². The van der Waals surface area contributed by atoms with E-state index in [2.05, 4.69) is 10.3 Å². The van der Waals surface area contributed by atoms with Gasteiger partial charge in [0.15, 0.2) is 18.1 Å². The molecule has 2 amide bonds. The molecule has 1 aliphatic heterocycles. The normalized spacial score (nSPS) is 12.8. The van der Waals surface area contributed by atoms with Crippen LogP contribution in [0.1, 0.15) is 17.3 Å². The Labute approximate surface area is 152 Å². The number of hydrogen-bond donors (Lipinski definition) is 1. The second-order valence-electron chi connectivity index (χ2n) is 5.70. The van der Waals surface area contributed by atoms with Crippen molar-refractivity contribution in [2.24, 2.45) is 0 Å². The van der Waals surface area contributed by atoms with E-state index in [4.69, 9.17) is 4.74 Å². The van der Waals surface area contributed by atoms with E-state index in [1.54, 1.807) is 18.2 Å². The van der Waals surface area contributed by atoms with Crippen molar-refractivity contribution in [3.63, 3.8) is 0 Å². The molecule has 1 aromatic carbocycles. The van der Waals surface area contributed by atoms with E-state index in [0.717, 1.165) is 11.0 Å². The highest BCUT2D eigenvalue weighted by atomic mass is 16.6. The largest absolute Gasteiger partial charge is 0.477 e. The van der Waals surface area contributed by atoms with Gasteiger partial charge in [-0.15, -0.1) is 0 Å². The topological polar surface area (TPSA) is 132 Å². The third-order valence-electron chi connectivity index (χ3n) is 3.77. The average Bonchev–Trinajstić information content (AvgIpc) is 2.63. The molecule has 10 heteroatoms. The van der Waals surface area contributed by atoms with Crippen molar-refractivity contribution in [3.05, 3.63) is 52.1 Å². The molecule has 3 rings (SSSR count). The lowest BCUT2D eigenvalue weighted by molar-refractivity contribution is -0.389. The lowest BCUT2D eigenvalue weighted by Gasteiger charge is -2.24. The Balaban J connectivity index is 1.81. The summed E-state index contributed by atoms with van der Waals surface area (Å²) in [5.74, 6) is -1.64. The fourth-order valence-electron chi connectivity index (χ4n) is 2.49. The number of fused-ring (bicyclic) bond motifs is 1. The zero-order valence-corrected chi connectivity index (χ0v) is 14.2. The van der Waals surface area contributed by atoms with E-state index < -0.39 is 29.1 Å². The Morgan fingerprint density at radius 1 is 1.33 bits per heavy atom. The third kappa shape index (κ3) is 3.89. The number of nitrogens with one attached hydrogen (secondary N) is 1. The van der Waals surface area contributed by atoms with Crippen LogP contribution < -0.4 is 15.0 Å². The van der Waals surface area contributed by atoms with E-state index >= 15 is 0 Å². The van der Waals surface area contributed by atoms with Crippen molar-refractivity contribution in [2.45, 2.75) is 6.92 Å². The maximum Gasteiger partial charge on any atom is 0.366 e. The van der Waals surface area contributed by atoms with Crippen LogP contribution in [0.2, 0.25) is 0 Å². The van der Waals surface area contributed by atoms with E-state index in [1.165, 1.54) is 19.1 Å². The molecule has 0 spiro atoms. The fourth-order valence-corrected chi connectivity index (χ4v) is 2.49. The van der Waals surface area contributed by atoms with Crippen LogP contribution in [0.15, 0.2) is 36.4 Å². The van der Waals surface area contributed by atoms with Gasteiger partial charge in [-0.1, -0.05) is 12.1 Å². The summed E-state index contributed by atoms with van der Waals surface area (Å²) in [4.78, 5) is 50.9. The number of nitro groups is 1. The SMILES string of the molecule is CC(=O)c1cccc(NC(=O)CN2C(=O)COc3ccc([N+](=O)[O-])nc32)c1. The quantitative estimate of drug-likeness (QED) is 0.480. The van der Waals surface area contributed by atoms with Crippen LogP contribution in [0.3, 0.4) is 0 Å². The van der Waals surface area contributed by atoms with Gasteiger partial charge >= 0.3 is 5.82 Å². The average molecular weight is 370 g/mol. The molecule has 0 unspecified atom stereocenters. The van der Waals surface area contributed by atoms with Crippen LogP contribution in [0.4, 0.5) is 17.3 Å². The number of aromatic nitrogens is 1. The van der Waals surface area contributed by atoms with Gasteiger partial charge in [-0.3, -0.25) is 19.3 Å². The van der Waals surface area contributed by atoms with E-state index in [-0.39, 0.29) is 24.0 Å². The molecule has 138 valence electrons. The molecule has 27 heavy (non-hydrogen) atoms. The summed E-state index contributed by atoms with van der Waals surface area (Å²) in [7, 11) is 0. The van der Waals surface area contributed by atoms with Crippen molar-refractivity contribution in [1.82, 2.24) is 4.98 Å². The molecule has 10 nitrogen and oxygen atoms in total. The minimum atomic E-state index is -0.704. The minimum Gasteiger partial charge on any atom is -0.477 e. The number of ether oxygens (including phenoxy) is 1. The molecule has 0 fully saturated rings. The Kier molecular flexibility index (Phi) is 4.79. The summed E-state index contributed by atoms with van der Waals surface area (Å²) in [5, 5.41) is 13.5. The molecule has 0 saturated carbocycles. The lowest BCUT2D eigenvalue weighted by atomic mass is 10.1. The van der Waals surface area contributed by atoms with Crippen molar-refractivity contribution in [3.8, 4) is 5.75 Å². The number of pyridine rings is 1. The van der Waals surface area contributed by atoms with Gasteiger partial charge in [0.1, 0.15) is 6.54 Å². The summed E-state index contributed by atoms with van der Waals surface area (Å²) in [5.41, 5.74) is 0.818. The van der Waals surface area contributed by atoms with Crippen LogP contribution in [-0.4, -0.2) is 40.7 Å². The van der Waals surface area contributed by atoms with Crippen LogP contribution in [0.25, 0.3) is 0 Å². The first-order chi connectivity index (χ1) is 12.8. The van der Waals surface area contributed by atoms with Gasteiger partial charge in [-0.25, -0.2) is 0 Å². The number of nitrogens with zero attached hydrogens (tertiary/aromatic N) is 3. The molecule has 1 N–H and O–H groups in total. The molecule has 0 radical (unpaired) electrons. The Bertz CT molecular complexity index is 958. The third-order valence-corrected chi connectivity index (χ3v) is 3.77. The molecule has 0 atom stereocenters. The number of amides is 2. The predicted molar refractivity (Wildman–Crippen MR) is 93.8 cm³/mol. The number of carbonyl (C=O) groups excluding carboxylic acids is 3. The summed E-state index contributed by atoms with van der Waals surface area (Å²) >= 11 is 0. The monoisotopic (exact) mass is 370 g/mol. The molecule has 2 aromatic rings. The Hall–Kier alpha value is -3.82. The molecule has 1 aliphatic rings. The molecule has 0 bridgehead atoms. The second kappa shape index (κ2) is 7.20. The van der Waals surface area contributed by atoms with Gasteiger partial charge in [0.25, 0.3) is 11.7 Å². The standard InChI is InChI=1S/C17H14N4O6/c1-10(22)11-3-2-4-12(7-11)18-15(23)8-20-16(24)9-27-13-5-6-14(21(25)26)19-17(13)20/h2-7H,8-9H2,1H3,(H,18,23). The van der Waals surface area contributed by atoms with Crippen LogP contribution in [-0.2, 0) is 9.59 Å². The summed E-state index contributed by atoms with van der Waals surface area (Å²) in [6.45, 7) is 0.691. The minimum absolute atomic E-state index is 0.0897. The second-order valence-corrected chi connectivity index (χ2v) is 5.70. The predicted octanol–water partition coefficient (Wildman–Crippen LogP) is 1.56. The van der Waals surface area contributed by atoms with Crippen LogP contribution in [0, 0.1) is 10.1 Å². The first kappa shape index (κ1) is 18.0. The first-order valence-electron chi connectivity index (χ1n) is 7.84. The van der Waals surface area contributed by atoms with Crippen LogP contribution >= 0.6 is 0 Å². The van der Waals surface area contributed by atoms with Gasteiger partial charge in [-0.05, 0) is 35.0 Å². The number of benzene rings is 1. The number of carbonyl (C=O) groups is 3. The molecule has 1 aromatic heterocycles. The zero-order valence-electron chi connectivity index (χ0n) is 14.2. The van der Waals surface area contributed by atoms with E-state index in [0.29, 0.717) is 11.3 Å². The first-order valence-corrected chi connectivity index (χ1v) is 7.84. The number of Topliss-reactive ketones (excluding diaryl/α,β-unsaturated/α-hetero) is 1. The highest BCUT2D eigenvalue weighted by Crippen LogP contribution is 2.31. The highest BCUT2D eigenvalue weighted by molar-refractivity contribution is 6.04. The summed E-state index contributed by atoms with van der Waals surface area (Å²) < 4.78 is 5.20. The molecular weight excluding hydrogens is 356 g/mol. The van der Waals surface area contributed by atoms with Gasteiger partial charge < -0.3 is 20.2 Å². The highest BCUT2D eigenvalue weighted by Gasteiger charge is 2.33.